The van der Waals surface area contributed by atoms with Gasteiger partial charge in [0, 0.05) is 40.4 Å². The van der Waals surface area contributed by atoms with Crippen LogP contribution in [0.4, 0.5) is 0 Å². The van der Waals surface area contributed by atoms with Gasteiger partial charge in [-0.05, 0) is 114 Å². The average Bonchev–Trinajstić information content (AvgIpc) is 3.40. The molecule has 0 saturated carbocycles. The second-order valence-electron chi connectivity index (χ2n) is 13.3. The summed E-state index contributed by atoms with van der Waals surface area (Å²) >= 11 is 0. The van der Waals surface area contributed by atoms with Crippen LogP contribution in [0.3, 0.4) is 0 Å². The van der Waals surface area contributed by atoms with Crippen LogP contribution in [0, 0.1) is 34.6 Å². The standard InChI is InChI=1S/C42H35N2O/c1-22-11-13-31-33(17-22)40-30-10-8-7-9-29(30)39(31)34-20-28(19-25(4)36(34)40)27-15-16-44(6)35(21-27)38-24(3)18-23(2)37-32-14-12-26(5)43-42(32)45-41(37)38/h7-21,39-40H,1-6H3/q+1. The zero-order valence-electron chi connectivity index (χ0n) is 26.6. The minimum Gasteiger partial charge on any atom is -0.437 e. The number of benzene rings is 4. The van der Waals surface area contributed by atoms with Crippen molar-refractivity contribution in [1.82, 2.24) is 4.98 Å². The van der Waals surface area contributed by atoms with Crippen LogP contribution in [-0.4, -0.2) is 4.98 Å². The largest absolute Gasteiger partial charge is 0.437 e. The van der Waals surface area contributed by atoms with Gasteiger partial charge in [0.05, 0.1) is 5.56 Å². The molecular formula is C42H35N2O+. The average molecular weight is 584 g/mol. The predicted octanol–water partition coefficient (Wildman–Crippen LogP) is 9.67. The Labute approximate surface area is 263 Å². The molecule has 3 aliphatic carbocycles. The summed E-state index contributed by atoms with van der Waals surface area (Å²) in [5, 5.41) is 2.22. The number of furan rings is 1. The number of hydrogen-bond donors (Lipinski definition) is 0. The van der Waals surface area contributed by atoms with Gasteiger partial charge in [-0.15, -0.1) is 0 Å². The molecule has 3 aromatic heterocycles. The van der Waals surface area contributed by atoms with Crippen LogP contribution in [-0.2, 0) is 7.05 Å². The minimum atomic E-state index is 0.250. The fourth-order valence-corrected chi connectivity index (χ4v) is 8.45. The van der Waals surface area contributed by atoms with Crippen LogP contribution in [0.2, 0.25) is 0 Å². The molecule has 0 radical (unpaired) electrons. The zero-order valence-corrected chi connectivity index (χ0v) is 26.6. The Kier molecular flexibility index (Phi) is 5.42. The molecule has 4 aromatic carbocycles. The lowest BCUT2D eigenvalue weighted by molar-refractivity contribution is -0.660. The van der Waals surface area contributed by atoms with E-state index in [9.17, 15) is 0 Å². The van der Waals surface area contributed by atoms with Gasteiger partial charge in [-0.2, -0.15) is 0 Å². The molecule has 7 aromatic rings. The molecule has 10 rings (SSSR count). The molecule has 0 aliphatic heterocycles. The fraction of sp³-hybridized carbons (Fsp3) is 0.190. The molecule has 3 nitrogen and oxygen atoms in total. The summed E-state index contributed by atoms with van der Waals surface area (Å²) in [5.74, 6) is 0.531. The monoisotopic (exact) mass is 583 g/mol. The van der Waals surface area contributed by atoms with Crippen LogP contribution in [0.1, 0.15) is 73.2 Å². The van der Waals surface area contributed by atoms with Crippen molar-refractivity contribution in [1.29, 1.82) is 0 Å². The molecule has 3 aliphatic rings. The third kappa shape index (κ3) is 3.64. The minimum absolute atomic E-state index is 0.250. The first kappa shape index (κ1) is 26.4. The van der Waals surface area contributed by atoms with Crippen molar-refractivity contribution in [2.75, 3.05) is 0 Å². The van der Waals surface area contributed by atoms with E-state index in [0.29, 0.717) is 5.71 Å². The maximum Gasteiger partial charge on any atom is 0.227 e. The molecule has 218 valence electrons. The van der Waals surface area contributed by atoms with Crippen molar-refractivity contribution < 1.29 is 8.98 Å². The summed E-state index contributed by atoms with van der Waals surface area (Å²) in [6.07, 6.45) is 2.19. The number of aryl methyl sites for hydroxylation is 6. The Morgan fingerprint density at radius 1 is 0.644 bits per heavy atom. The van der Waals surface area contributed by atoms with E-state index in [0.717, 1.165) is 33.3 Å². The highest BCUT2D eigenvalue weighted by atomic mass is 16.3. The van der Waals surface area contributed by atoms with Crippen molar-refractivity contribution in [3.8, 4) is 22.4 Å². The Morgan fingerprint density at radius 2 is 1.42 bits per heavy atom. The van der Waals surface area contributed by atoms with Gasteiger partial charge < -0.3 is 4.42 Å². The smallest absolute Gasteiger partial charge is 0.227 e. The maximum atomic E-state index is 6.56. The molecule has 2 atom stereocenters. The number of fused-ring (bicyclic) bond motifs is 3. The molecule has 3 heteroatoms. The normalized spacial score (nSPS) is 16.2. The van der Waals surface area contributed by atoms with E-state index >= 15 is 0 Å². The van der Waals surface area contributed by atoms with Crippen LogP contribution in [0.15, 0.2) is 95.5 Å². The van der Waals surface area contributed by atoms with Crippen molar-refractivity contribution >= 4 is 22.1 Å². The Hall–Kier alpha value is -5.02. The molecule has 45 heavy (non-hydrogen) atoms. The summed E-state index contributed by atoms with van der Waals surface area (Å²) < 4.78 is 8.78. The molecule has 3 heterocycles. The SMILES string of the molecule is Cc1ccc2c(c1)C1c3ccccc3C2c2cc(-c3cc[n+](C)c(-c4c(C)cc(C)c5c4oc4nc(C)ccc45)c3)cc(C)c21. The van der Waals surface area contributed by atoms with Gasteiger partial charge in [-0.1, -0.05) is 60.2 Å². The summed E-state index contributed by atoms with van der Waals surface area (Å²) in [6.45, 7) is 10.9. The summed E-state index contributed by atoms with van der Waals surface area (Å²) in [4.78, 5) is 4.74. The summed E-state index contributed by atoms with van der Waals surface area (Å²) in [6, 6.07) is 32.1. The van der Waals surface area contributed by atoms with Gasteiger partial charge in [0.2, 0.25) is 11.4 Å². The highest BCUT2D eigenvalue weighted by molar-refractivity contribution is 6.10. The highest BCUT2D eigenvalue weighted by Crippen LogP contribution is 2.57. The second kappa shape index (κ2) is 9.25. The van der Waals surface area contributed by atoms with E-state index in [-0.39, 0.29) is 11.8 Å². The Balaban J connectivity index is 1.25. The molecule has 0 saturated heterocycles. The lowest BCUT2D eigenvalue weighted by atomic mass is 9.60. The number of hydrogen-bond acceptors (Lipinski definition) is 2. The number of rotatable bonds is 2. The van der Waals surface area contributed by atoms with Gasteiger partial charge in [0.15, 0.2) is 11.8 Å². The van der Waals surface area contributed by atoms with E-state index in [1.807, 2.05) is 6.92 Å². The van der Waals surface area contributed by atoms with Crippen molar-refractivity contribution in [2.24, 2.45) is 7.05 Å². The second-order valence-corrected chi connectivity index (χ2v) is 13.3. The van der Waals surface area contributed by atoms with Gasteiger partial charge >= 0.3 is 0 Å². The third-order valence-electron chi connectivity index (χ3n) is 10.4. The molecule has 2 unspecified atom stereocenters. The quantitative estimate of drug-likeness (QED) is 0.190. The summed E-state index contributed by atoms with van der Waals surface area (Å²) in [7, 11) is 2.13. The van der Waals surface area contributed by atoms with Crippen molar-refractivity contribution in [3.63, 3.8) is 0 Å². The molecule has 2 bridgehead atoms. The first-order chi connectivity index (χ1) is 21.8. The lowest BCUT2D eigenvalue weighted by Crippen LogP contribution is -2.30. The topological polar surface area (TPSA) is 29.9 Å². The van der Waals surface area contributed by atoms with Crippen molar-refractivity contribution in [3.05, 3.63) is 152 Å². The van der Waals surface area contributed by atoms with Crippen LogP contribution >= 0.6 is 0 Å². The Morgan fingerprint density at radius 3 is 2.24 bits per heavy atom. The molecular weight excluding hydrogens is 548 g/mol. The van der Waals surface area contributed by atoms with Crippen LogP contribution in [0.5, 0.6) is 0 Å². The fourth-order valence-electron chi connectivity index (χ4n) is 8.45. The first-order valence-electron chi connectivity index (χ1n) is 15.9. The molecule has 0 fully saturated rings. The van der Waals surface area contributed by atoms with Crippen LogP contribution < -0.4 is 4.57 Å². The zero-order chi connectivity index (χ0) is 30.7. The molecule has 0 spiro atoms. The third-order valence-corrected chi connectivity index (χ3v) is 10.4. The van der Waals surface area contributed by atoms with E-state index < -0.39 is 0 Å². The molecule has 0 N–H and O–H groups in total. The van der Waals surface area contributed by atoms with E-state index in [1.54, 1.807) is 0 Å². The van der Waals surface area contributed by atoms with E-state index in [4.69, 9.17) is 9.40 Å². The van der Waals surface area contributed by atoms with Gasteiger partial charge in [-0.3, -0.25) is 0 Å². The first-order valence-corrected chi connectivity index (χ1v) is 15.9. The number of aromatic nitrogens is 2. The van der Waals surface area contributed by atoms with E-state index in [1.165, 1.54) is 66.8 Å². The Bertz CT molecular complexity index is 2410. The van der Waals surface area contributed by atoms with Gasteiger partial charge in [0.1, 0.15) is 7.05 Å². The van der Waals surface area contributed by atoms with Crippen molar-refractivity contribution in [2.45, 2.75) is 46.5 Å². The maximum absolute atomic E-state index is 6.56. The molecule has 0 amide bonds. The summed E-state index contributed by atoms with van der Waals surface area (Å²) in [5.41, 5.74) is 21.2. The predicted molar refractivity (Wildman–Crippen MR) is 182 cm³/mol. The number of nitrogens with zero attached hydrogens (tertiary/aromatic N) is 2. The van der Waals surface area contributed by atoms with Gasteiger partial charge in [0.25, 0.3) is 0 Å². The highest BCUT2D eigenvalue weighted by Gasteiger charge is 2.42. The number of pyridine rings is 2. The van der Waals surface area contributed by atoms with Crippen LogP contribution in [0.25, 0.3) is 44.5 Å². The van der Waals surface area contributed by atoms with Gasteiger partial charge in [-0.25, -0.2) is 9.55 Å². The van der Waals surface area contributed by atoms with E-state index in [2.05, 4.69) is 130 Å². The lowest BCUT2D eigenvalue weighted by Gasteiger charge is -2.43.